The van der Waals surface area contributed by atoms with Gasteiger partial charge in [-0.3, -0.25) is 9.59 Å². The molecule has 0 radical (unpaired) electrons. The van der Waals surface area contributed by atoms with Crippen LogP contribution in [0.5, 0.6) is 11.5 Å². The van der Waals surface area contributed by atoms with Crippen LogP contribution in [-0.4, -0.2) is 43.5 Å². The molecule has 0 saturated heterocycles. The quantitative estimate of drug-likeness (QED) is 0.575. The summed E-state index contributed by atoms with van der Waals surface area (Å²) in [4.78, 5) is 36.7. The molecule has 8 heteroatoms. The van der Waals surface area contributed by atoms with Gasteiger partial charge in [0.25, 0.3) is 0 Å². The lowest BCUT2D eigenvalue weighted by atomic mass is 10.2. The van der Waals surface area contributed by atoms with E-state index in [-0.39, 0.29) is 24.9 Å². The number of thiophene rings is 1. The van der Waals surface area contributed by atoms with Crippen LogP contribution in [0.2, 0.25) is 0 Å². The molecule has 27 heavy (non-hydrogen) atoms. The number of para-hydroxylation sites is 2. The van der Waals surface area contributed by atoms with Crippen molar-refractivity contribution < 1.29 is 28.6 Å². The normalized spacial score (nSPS) is 15.1. The number of carbonyl (C=O) groups excluding carboxylic acids is 3. The Labute approximate surface area is 160 Å². The minimum Gasteiger partial charge on any atom is -0.485 e. The van der Waals surface area contributed by atoms with E-state index in [9.17, 15) is 14.4 Å². The van der Waals surface area contributed by atoms with Crippen LogP contribution in [-0.2, 0) is 20.7 Å². The average Bonchev–Trinajstić information content (AvgIpc) is 3.14. The summed E-state index contributed by atoms with van der Waals surface area (Å²) in [6.45, 7) is 1.65. The average molecular weight is 389 g/mol. The van der Waals surface area contributed by atoms with Gasteiger partial charge in [-0.1, -0.05) is 12.1 Å². The van der Waals surface area contributed by atoms with Gasteiger partial charge in [-0.25, -0.2) is 4.79 Å². The highest BCUT2D eigenvalue weighted by atomic mass is 32.1. The van der Waals surface area contributed by atoms with Gasteiger partial charge in [0.05, 0.1) is 4.88 Å². The Morgan fingerprint density at radius 1 is 1.19 bits per heavy atom. The zero-order chi connectivity index (χ0) is 19.2. The van der Waals surface area contributed by atoms with Crippen molar-refractivity contribution in [3.8, 4) is 11.5 Å². The summed E-state index contributed by atoms with van der Waals surface area (Å²) in [6.07, 6.45) is -0.256. The van der Waals surface area contributed by atoms with Crippen molar-refractivity contribution >= 4 is 29.0 Å². The molecule has 0 fully saturated rings. The molecule has 7 nitrogen and oxygen atoms in total. The van der Waals surface area contributed by atoms with E-state index in [1.165, 1.54) is 18.3 Å². The molecule has 142 valence electrons. The monoisotopic (exact) mass is 389 g/mol. The number of nitrogens with one attached hydrogen (secondary N) is 1. The number of ether oxygens (including phenoxy) is 3. The summed E-state index contributed by atoms with van der Waals surface area (Å²) in [5, 5.41) is 2.70. The lowest BCUT2D eigenvalue weighted by molar-refractivity contribution is -0.153. The Morgan fingerprint density at radius 2 is 1.96 bits per heavy atom. The first kappa shape index (κ1) is 18.9. The highest BCUT2D eigenvalue weighted by Crippen LogP contribution is 2.31. The Hall–Kier alpha value is -2.87. The van der Waals surface area contributed by atoms with Crippen LogP contribution in [0.3, 0.4) is 0 Å². The molecule has 0 bridgehead atoms. The van der Waals surface area contributed by atoms with Crippen molar-refractivity contribution in [3.63, 3.8) is 0 Å². The summed E-state index contributed by atoms with van der Waals surface area (Å²) in [5.41, 5.74) is 0. The Morgan fingerprint density at radius 3 is 2.74 bits per heavy atom. The third kappa shape index (κ3) is 5.07. The Bertz CT molecular complexity index is 846. The van der Waals surface area contributed by atoms with Crippen LogP contribution >= 0.6 is 11.3 Å². The maximum atomic E-state index is 12.2. The standard InChI is InChI=1S/C19H19NO6S/c1-12(21)20-9-8-13-6-7-18(27-13)14(22)10-25-19(23)17-11-24-15-4-2-3-5-16(15)26-17/h2-7,17H,8-11H2,1H3,(H,20,21). The van der Waals surface area contributed by atoms with Crippen LogP contribution in [0.15, 0.2) is 36.4 Å². The molecule has 0 aliphatic carbocycles. The topological polar surface area (TPSA) is 90.9 Å². The number of amides is 1. The summed E-state index contributed by atoms with van der Waals surface area (Å²) in [6, 6.07) is 10.6. The number of fused-ring (bicyclic) bond motifs is 1. The predicted octanol–water partition coefficient (Wildman–Crippen LogP) is 1.99. The molecule has 1 aliphatic rings. The van der Waals surface area contributed by atoms with Gasteiger partial charge in [0.1, 0.15) is 6.61 Å². The number of rotatable bonds is 7. The molecule has 1 aromatic heterocycles. The van der Waals surface area contributed by atoms with Crippen LogP contribution in [0.1, 0.15) is 21.5 Å². The number of Topliss-reactive ketones (excluding diaryl/α,β-unsaturated/α-hetero) is 1. The van der Waals surface area contributed by atoms with Gasteiger partial charge < -0.3 is 19.5 Å². The number of ketones is 1. The van der Waals surface area contributed by atoms with E-state index in [1.54, 1.807) is 24.3 Å². The van der Waals surface area contributed by atoms with Gasteiger partial charge in [-0.2, -0.15) is 0 Å². The Balaban J connectivity index is 1.47. The van der Waals surface area contributed by atoms with E-state index in [2.05, 4.69) is 5.32 Å². The van der Waals surface area contributed by atoms with Crippen molar-refractivity contribution in [1.82, 2.24) is 5.32 Å². The fourth-order valence-electron chi connectivity index (χ4n) is 2.46. The molecule has 1 unspecified atom stereocenters. The number of esters is 1. The molecule has 3 rings (SSSR count). The molecule has 0 spiro atoms. The number of hydrogen-bond donors (Lipinski definition) is 1. The maximum absolute atomic E-state index is 12.2. The maximum Gasteiger partial charge on any atom is 0.351 e. The largest absolute Gasteiger partial charge is 0.485 e. The first-order chi connectivity index (χ1) is 13.0. The highest BCUT2D eigenvalue weighted by molar-refractivity contribution is 7.14. The number of hydrogen-bond acceptors (Lipinski definition) is 7. The van der Waals surface area contributed by atoms with E-state index in [0.717, 1.165) is 4.88 Å². The van der Waals surface area contributed by atoms with Crippen molar-refractivity contribution in [3.05, 3.63) is 46.2 Å². The smallest absolute Gasteiger partial charge is 0.351 e. The minimum atomic E-state index is -0.899. The molecule has 1 amide bonds. The van der Waals surface area contributed by atoms with E-state index < -0.39 is 12.1 Å². The van der Waals surface area contributed by atoms with Gasteiger partial charge >= 0.3 is 5.97 Å². The van der Waals surface area contributed by atoms with Crippen molar-refractivity contribution in [2.24, 2.45) is 0 Å². The lowest BCUT2D eigenvalue weighted by Crippen LogP contribution is -2.38. The number of benzene rings is 1. The first-order valence-corrected chi connectivity index (χ1v) is 9.26. The molecule has 1 aliphatic heterocycles. The summed E-state index contributed by atoms with van der Waals surface area (Å²) >= 11 is 1.32. The second-order valence-electron chi connectivity index (χ2n) is 5.89. The lowest BCUT2D eigenvalue weighted by Gasteiger charge is -2.24. The van der Waals surface area contributed by atoms with E-state index in [1.807, 2.05) is 12.1 Å². The zero-order valence-electron chi connectivity index (χ0n) is 14.7. The Kier molecular flexibility index (Phi) is 6.08. The second kappa shape index (κ2) is 8.68. The molecule has 1 N–H and O–H groups in total. The van der Waals surface area contributed by atoms with Crippen molar-refractivity contribution in [1.29, 1.82) is 0 Å². The zero-order valence-corrected chi connectivity index (χ0v) is 15.5. The van der Waals surface area contributed by atoms with Crippen molar-refractivity contribution in [2.75, 3.05) is 19.8 Å². The molecule has 2 heterocycles. The predicted molar refractivity (Wildman–Crippen MR) is 98.3 cm³/mol. The van der Waals surface area contributed by atoms with Gasteiger partial charge in [0.15, 0.2) is 18.1 Å². The van der Waals surface area contributed by atoms with Gasteiger partial charge in [-0.15, -0.1) is 11.3 Å². The number of carbonyl (C=O) groups is 3. The molecule has 1 aromatic carbocycles. The van der Waals surface area contributed by atoms with Gasteiger partial charge in [0, 0.05) is 18.3 Å². The molecule has 0 saturated carbocycles. The first-order valence-electron chi connectivity index (χ1n) is 8.44. The summed E-state index contributed by atoms with van der Waals surface area (Å²) in [7, 11) is 0. The third-order valence-electron chi connectivity index (χ3n) is 3.80. The molecule has 2 aromatic rings. The second-order valence-corrected chi connectivity index (χ2v) is 7.06. The van der Waals surface area contributed by atoms with Crippen LogP contribution in [0.25, 0.3) is 0 Å². The van der Waals surface area contributed by atoms with Crippen LogP contribution < -0.4 is 14.8 Å². The third-order valence-corrected chi connectivity index (χ3v) is 4.98. The van der Waals surface area contributed by atoms with Crippen molar-refractivity contribution in [2.45, 2.75) is 19.4 Å². The molecular weight excluding hydrogens is 370 g/mol. The van der Waals surface area contributed by atoms with E-state index >= 15 is 0 Å². The minimum absolute atomic E-state index is 0.0380. The van der Waals surface area contributed by atoms with Gasteiger partial charge in [-0.05, 0) is 30.7 Å². The fourth-order valence-corrected chi connectivity index (χ4v) is 3.39. The van der Waals surface area contributed by atoms with Crippen LogP contribution in [0, 0.1) is 0 Å². The highest BCUT2D eigenvalue weighted by Gasteiger charge is 2.29. The summed E-state index contributed by atoms with van der Waals surface area (Å²) < 4.78 is 16.1. The van der Waals surface area contributed by atoms with Gasteiger partial charge in [0.2, 0.25) is 17.8 Å². The summed E-state index contributed by atoms with van der Waals surface area (Å²) in [5.74, 6) is 0.0324. The molecular formula is C19H19NO6S. The molecule has 1 atom stereocenters. The van der Waals surface area contributed by atoms with Crippen LogP contribution in [0.4, 0.5) is 0 Å². The van der Waals surface area contributed by atoms with E-state index in [0.29, 0.717) is 29.3 Å². The SMILES string of the molecule is CC(=O)NCCc1ccc(C(=O)COC(=O)C2COc3ccccc3O2)s1. The fraction of sp³-hybridized carbons (Fsp3) is 0.316. The van der Waals surface area contributed by atoms with E-state index in [4.69, 9.17) is 14.2 Å².